The third-order valence-corrected chi connectivity index (χ3v) is 3.04. The molecule has 1 saturated heterocycles. The maximum absolute atomic E-state index is 5.71. The van der Waals surface area contributed by atoms with E-state index >= 15 is 0 Å². The largest absolute Gasteiger partial charge is 0.492 e. The molecule has 0 bridgehead atoms. The zero-order chi connectivity index (χ0) is 14.9. The Morgan fingerprint density at radius 1 is 1.24 bits per heavy atom. The van der Waals surface area contributed by atoms with E-state index in [-0.39, 0.29) is 5.96 Å². The number of morpholine rings is 1. The molecule has 1 aliphatic rings. The van der Waals surface area contributed by atoms with E-state index in [2.05, 4.69) is 15.1 Å². The fourth-order valence-electron chi connectivity index (χ4n) is 1.93. The second kappa shape index (κ2) is 8.23. The first-order chi connectivity index (χ1) is 10.2. The third kappa shape index (κ3) is 5.80. The molecule has 0 aromatic heterocycles. The summed E-state index contributed by atoms with van der Waals surface area (Å²) >= 11 is 0. The van der Waals surface area contributed by atoms with Crippen molar-refractivity contribution in [1.29, 1.82) is 0 Å². The molecule has 2 rings (SSSR count). The SMILES string of the molecule is NC(N)=NN=Cc1ccc(OCCN2CCOCC2)cc1. The first-order valence-corrected chi connectivity index (χ1v) is 6.89. The van der Waals surface area contributed by atoms with Gasteiger partial charge in [-0.05, 0) is 29.8 Å². The predicted molar refractivity (Wildman–Crippen MR) is 82.6 cm³/mol. The Morgan fingerprint density at radius 3 is 2.62 bits per heavy atom. The van der Waals surface area contributed by atoms with Gasteiger partial charge in [0, 0.05) is 19.6 Å². The zero-order valence-electron chi connectivity index (χ0n) is 11.9. The van der Waals surface area contributed by atoms with Crippen LogP contribution in [0.3, 0.4) is 0 Å². The molecule has 7 heteroatoms. The Morgan fingerprint density at radius 2 is 1.95 bits per heavy atom. The number of rotatable bonds is 6. The van der Waals surface area contributed by atoms with Gasteiger partial charge in [-0.15, -0.1) is 5.10 Å². The van der Waals surface area contributed by atoms with Crippen LogP contribution < -0.4 is 16.2 Å². The van der Waals surface area contributed by atoms with E-state index in [1.54, 1.807) is 6.21 Å². The van der Waals surface area contributed by atoms with Crippen molar-refractivity contribution in [2.45, 2.75) is 0 Å². The molecule has 0 spiro atoms. The standard InChI is InChI=1S/C14H21N5O2/c15-14(16)18-17-11-12-1-3-13(4-2-12)21-10-7-19-5-8-20-9-6-19/h1-4,11H,5-10H2,(H4,15,16,18). The van der Waals surface area contributed by atoms with E-state index in [9.17, 15) is 0 Å². The summed E-state index contributed by atoms with van der Waals surface area (Å²) in [6, 6.07) is 7.60. The zero-order valence-corrected chi connectivity index (χ0v) is 11.9. The van der Waals surface area contributed by atoms with Crippen LogP contribution in [0, 0.1) is 0 Å². The molecule has 1 aromatic carbocycles. The van der Waals surface area contributed by atoms with Crippen molar-refractivity contribution in [1.82, 2.24) is 4.90 Å². The molecular formula is C14H21N5O2. The summed E-state index contributed by atoms with van der Waals surface area (Å²) in [5.74, 6) is 0.775. The topological polar surface area (TPSA) is 98.5 Å². The van der Waals surface area contributed by atoms with Crippen molar-refractivity contribution in [3.8, 4) is 5.75 Å². The molecule has 1 aromatic rings. The number of guanidine groups is 1. The highest BCUT2D eigenvalue weighted by molar-refractivity contribution is 5.81. The Balaban J connectivity index is 1.74. The van der Waals surface area contributed by atoms with Gasteiger partial charge >= 0.3 is 0 Å². The van der Waals surface area contributed by atoms with Crippen LogP contribution in [0.5, 0.6) is 5.75 Å². The van der Waals surface area contributed by atoms with Crippen LogP contribution in [0.1, 0.15) is 5.56 Å². The van der Waals surface area contributed by atoms with Gasteiger partial charge in [0.25, 0.3) is 0 Å². The maximum atomic E-state index is 5.71. The summed E-state index contributed by atoms with van der Waals surface area (Å²) in [7, 11) is 0. The molecular weight excluding hydrogens is 270 g/mol. The molecule has 0 atom stereocenters. The molecule has 21 heavy (non-hydrogen) atoms. The van der Waals surface area contributed by atoms with E-state index in [1.165, 1.54) is 0 Å². The van der Waals surface area contributed by atoms with E-state index in [4.69, 9.17) is 20.9 Å². The van der Waals surface area contributed by atoms with Gasteiger partial charge in [0.05, 0.1) is 19.4 Å². The molecule has 0 saturated carbocycles. The number of ether oxygens (including phenoxy) is 2. The van der Waals surface area contributed by atoms with Crippen molar-refractivity contribution in [2.24, 2.45) is 21.7 Å². The highest BCUT2D eigenvalue weighted by Gasteiger charge is 2.09. The summed E-state index contributed by atoms with van der Waals surface area (Å²) in [5, 5.41) is 7.29. The Bertz CT molecular complexity index is 477. The molecule has 4 N–H and O–H groups in total. The number of hydrogen-bond acceptors (Lipinski definition) is 5. The number of benzene rings is 1. The van der Waals surface area contributed by atoms with Gasteiger partial charge < -0.3 is 20.9 Å². The van der Waals surface area contributed by atoms with Gasteiger partial charge in [0.15, 0.2) is 0 Å². The molecule has 0 aliphatic carbocycles. The summed E-state index contributed by atoms with van der Waals surface area (Å²) in [5.41, 5.74) is 11.3. The van der Waals surface area contributed by atoms with Crippen LogP contribution in [0.15, 0.2) is 34.5 Å². The Hall–Kier alpha value is -2.12. The van der Waals surface area contributed by atoms with Gasteiger partial charge in [0.1, 0.15) is 12.4 Å². The van der Waals surface area contributed by atoms with E-state index < -0.39 is 0 Å². The monoisotopic (exact) mass is 291 g/mol. The smallest absolute Gasteiger partial charge is 0.211 e. The normalized spacial score (nSPS) is 16.0. The highest BCUT2D eigenvalue weighted by Crippen LogP contribution is 2.11. The molecule has 1 fully saturated rings. The average Bonchev–Trinajstić information content (AvgIpc) is 2.50. The quantitative estimate of drug-likeness (QED) is 0.437. The molecule has 7 nitrogen and oxygen atoms in total. The number of nitrogens with two attached hydrogens (primary N) is 2. The van der Waals surface area contributed by atoms with Crippen molar-refractivity contribution in [2.75, 3.05) is 39.5 Å². The third-order valence-electron chi connectivity index (χ3n) is 3.04. The van der Waals surface area contributed by atoms with Gasteiger partial charge in [-0.1, -0.05) is 0 Å². The summed E-state index contributed by atoms with van der Waals surface area (Å²) in [6.07, 6.45) is 1.58. The number of hydrogen-bond donors (Lipinski definition) is 2. The van der Waals surface area contributed by atoms with Crippen LogP contribution in [0.25, 0.3) is 0 Å². The minimum Gasteiger partial charge on any atom is -0.492 e. The molecule has 114 valence electrons. The van der Waals surface area contributed by atoms with Crippen LogP contribution in [-0.2, 0) is 4.74 Å². The van der Waals surface area contributed by atoms with Crippen molar-refractivity contribution >= 4 is 12.2 Å². The van der Waals surface area contributed by atoms with Gasteiger partial charge in [0.2, 0.25) is 5.96 Å². The highest BCUT2D eigenvalue weighted by atomic mass is 16.5. The molecule has 1 heterocycles. The minimum atomic E-state index is -0.0608. The van der Waals surface area contributed by atoms with E-state index in [1.807, 2.05) is 24.3 Å². The van der Waals surface area contributed by atoms with Gasteiger partial charge in [-0.2, -0.15) is 5.10 Å². The van der Waals surface area contributed by atoms with Gasteiger partial charge in [-0.25, -0.2) is 0 Å². The predicted octanol–water partition coefficient (Wildman–Crippen LogP) is 0.00490. The van der Waals surface area contributed by atoms with Crippen molar-refractivity contribution < 1.29 is 9.47 Å². The first kappa shape index (κ1) is 15.3. The van der Waals surface area contributed by atoms with Crippen LogP contribution in [0.4, 0.5) is 0 Å². The van der Waals surface area contributed by atoms with Crippen LogP contribution >= 0.6 is 0 Å². The minimum absolute atomic E-state index is 0.0608. The van der Waals surface area contributed by atoms with Crippen LogP contribution in [0.2, 0.25) is 0 Å². The van der Waals surface area contributed by atoms with Crippen molar-refractivity contribution in [3.05, 3.63) is 29.8 Å². The molecule has 0 unspecified atom stereocenters. The lowest BCUT2D eigenvalue weighted by molar-refractivity contribution is 0.0322. The molecule has 0 amide bonds. The Kier molecular flexibility index (Phi) is 5.99. The summed E-state index contributed by atoms with van der Waals surface area (Å²) < 4.78 is 11.0. The maximum Gasteiger partial charge on any atom is 0.211 e. The summed E-state index contributed by atoms with van der Waals surface area (Å²) in [4.78, 5) is 2.33. The van der Waals surface area contributed by atoms with Gasteiger partial charge in [-0.3, -0.25) is 4.90 Å². The second-order valence-corrected chi connectivity index (χ2v) is 4.64. The lowest BCUT2D eigenvalue weighted by Crippen LogP contribution is -2.38. The Labute approximate surface area is 124 Å². The van der Waals surface area contributed by atoms with E-state index in [0.29, 0.717) is 6.61 Å². The average molecular weight is 291 g/mol. The second-order valence-electron chi connectivity index (χ2n) is 4.64. The van der Waals surface area contributed by atoms with Crippen LogP contribution in [-0.4, -0.2) is 56.5 Å². The van der Waals surface area contributed by atoms with Crippen molar-refractivity contribution in [3.63, 3.8) is 0 Å². The fraction of sp³-hybridized carbons (Fsp3) is 0.429. The first-order valence-electron chi connectivity index (χ1n) is 6.89. The van der Waals surface area contributed by atoms with E-state index in [0.717, 1.165) is 44.2 Å². The molecule has 0 radical (unpaired) electrons. The fourth-order valence-corrected chi connectivity index (χ4v) is 1.93. The molecule has 1 aliphatic heterocycles. The summed E-state index contributed by atoms with van der Waals surface area (Å²) in [6.45, 7) is 5.15. The lowest BCUT2D eigenvalue weighted by atomic mass is 10.2. The number of nitrogens with zero attached hydrogens (tertiary/aromatic N) is 3. The lowest BCUT2D eigenvalue weighted by Gasteiger charge is -2.26.